The van der Waals surface area contributed by atoms with Crippen LogP contribution in [0.1, 0.15) is 63.6 Å². The number of hydrogen-bond acceptors (Lipinski definition) is 8. The minimum Gasteiger partial charge on any atom is -0.506 e. The molecule has 2 heterocycles. The largest absolute Gasteiger partial charge is 0.506 e. The number of aliphatic hydroxyl groups is 1. The molecule has 4 rings (SSSR count). The topological polar surface area (TPSA) is 142 Å². The Morgan fingerprint density at radius 2 is 1.92 bits per heavy atom. The highest BCUT2D eigenvalue weighted by Gasteiger charge is 2.47. The van der Waals surface area contributed by atoms with E-state index in [-0.39, 0.29) is 62.6 Å². The summed E-state index contributed by atoms with van der Waals surface area (Å²) in [5.41, 5.74) is 0.111. The zero-order valence-corrected chi connectivity index (χ0v) is 25.4. The van der Waals surface area contributed by atoms with Crippen molar-refractivity contribution in [3.63, 3.8) is 0 Å². The Morgan fingerprint density at radius 3 is 2.59 bits per heavy atom. The summed E-state index contributed by atoms with van der Waals surface area (Å²) < 4.78 is 57.4. The molecule has 13 heteroatoms. The second-order valence-corrected chi connectivity index (χ2v) is 15.9. The van der Waals surface area contributed by atoms with Crippen molar-refractivity contribution < 1.29 is 26.7 Å². The van der Waals surface area contributed by atoms with Crippen LogP contribution in [0.2, 0.25) is 0 Å². The second-order valence-electron chi connectivity index (χ2n) is 11.1. The maximum atomic E-state index is 14.0. The van der Waals surface area contributed by atoms with Crippen LogP contribution in [0.4, 0.5) is 5.00 Å². The third-order valence-corrected chi connectivity index (χ3v) is 11.1. The molecule has 9 nitrogen and oxygen atoms in total. The van der Waals surface area contributed by atoms with Crippen molar-refractivity contribution >= 4 is 65.4 Å². The molecule has 0 radical (unpaired) electrons. The third kappa shape index (κ3) is 5.95. The van der Waals surface area contributed by atoms with Crippen LogP contribution in [0.5, 0.6) is 0 Å². The van der Waals surface area contributed by atoms with Gasteiger partial charge in [0.05, 0.1) is 11.2 Å². The van der Waals surface area contributed by atoms with Crippen molar-refractivity contribution in [3.8, 4) is 0 Å². The van der Waals surface area contributed by atoms with E-state index < -0.39 is 31.2 Å². The number of nitrogens with zero attached hydrogens (tertiary/aromatic N) is 1. The van der Waals surface area contributed by atoms with Crippen LogP contribution in [0.15, 0.2) is 44.5 Å². The Hall–Kier alpha value is -2.25. The van der Waals surface area contributed by atoms with Gasteiger partial charge >= 0.3 is 0 Å². The molecule has 2 aliphatic rings. The lowest BCUT2D eigenvalue weighted by Gasteiger charge is -2.37. The van der Waals surface area contributed by atoms with Crippen LogP contribution >= 0.6 is 22.9 Å². The molecule has 212 valence electrons. The van der Waals surface area contributed by atoms with Gasteiger partial charge in [-0.3, -0.25) is 4.79 Å². The van der Waals surface area contributed by atoms with Crippen LogP contribution < -0.4 is 10.0 Å². The minimum atomic E-state index is -4.33. The van der Waals surface area contributed by atoms with Gasteiger partial charge in [0.25, 0.3) is 10.0 Å². The first kappa shape index (κ1) is 29.7. The molecule has 1 aromatic carbocycles. The Labute approximate surface area is 238 Å². The predicted octanol–water partition coefficient (Wildman–Crippen LogP) is 4.95. The number of rotatable bonds is 9. The molecule has 0 saturated heterocycles. The van der Waals surface area contributed by atoms with Crippen molar-refractivity contribution in [1.29, 1.82) is 0 Å². The molecule has 1 aliphatic heterocycles. The number of amidine groups is 1. The number of nitrogens with one attached hydrogen (secondary N) is 2. The van der Waals surface area contributed by atoms with E-state index in [4.69, 9.17) is 11.6 Å². The monoisotopic (exact) mass is 613 g/mol. The fraction of sp³-hybridized carbons (Fsp3) is 0.462. The first-order chi connectivity index (χ1) is 18.1. The molecule has 2 aromatic rings. The zero-order chi connectivity index (χ0) is 28.8. The summed E-state index contributed by atoms with van der Waals surface area (Å²) in [6, 6.07) is 7.07. The first-order valence-electron chi connectivity index (χ1n) is 12.4. The predicted molar refractivity (Wildman–Crippen MR) is 156 cm³/mol. The molecule has 1 aliphatic carbocycles. The number of carbonyl (C=O) groups excluding carboxylic acids is 1. The molecule has 1 atom stereocenters. The lowest BCUT2D eigenvalue weighted by atomic mass is 9.65. The number of anilines is 1. The quantitative estimate of drug-likeness (QED) is 0.340. The van der Waals surface area contributed by atoms with Crippen molar-refractivity contribution in [1.82, 2.24) is 4.72 Å². The number of hydrogen-bond donors (Lipinski definition) is 3. The number of ketones is 1. The standard InChI is InChI=1S/C26H32ClN3O6S3/c1-25(2,3)10-11-26(4)18-9-6-5-8-17(18)20(31)19(22(26)32)23-29-24-21(39(35,36)30-23)16(15-37-24)14-28-38(33,34)13-7-12-27/h5-6,8-9,15,28,31H,7,10-14H2,1-4H3,(H,29,30)/t26-/m1/s1. The molecule has 0 fully saturated rings. The van der Waals surface area contributed by atoms with E-state index in [2.05, 4.69) is 35.2 Å². The van der Waals surface area contributed by atoms with Crippen LogP contribution in [-0.4, -0.2) is 45.2 Å². The van der Waals surface area contributed by atoms with E-state index in [1.165, 1.54) is 5.38 Å². The van der Waals surface area contributed by atoms with Gasteiger partial charge in [-0.1, -0.05) is 45.0 Å². The van der Waals surface area contributed by atoms with Gasteiger partial charge in [-0.25, -0.2) is 13.1 Å². The van der Waals surface area contributed by atoms with E-state index in [1.54, 1.807) is 12.1 Å². The summed E-state index contributed by atoms with van der Waals surface area (Å²) in [7, 11) is -7.98. The van der Waals surface area contributed by atoms with E-state index >= 15 is 0 Å². The Bertz CT molecular complexity index is 1590. The van der Waals surface area contributed by atoms with Crippen LogP contribution in [0.25, 0.3) is 5.76 Å². The fourth-order valence-corrected chi connectivity index (χ4v) is 8.63. The van der Waals surface area contributed by atoms with Crippen LogP contribution in [-0.2, 0) is 36.8 Å². The Balaban J connectivity index is 1.73. The summed E-state index contributed by atoms with van der Waals surface area (Å²) in [6.07, 6.45) is 1.47. The van der Waals surface area contributed by atoms with Crippen molar-refractivity contribution in [2.45, 2.75) is 63.8 Å². The van der Waals surface area contributed by atoms with Crippen LogP contribution in [0, 0.1) is 5.41 Å². The molecular weight excluding hydrogens is 582 g/mol. The summed E-state index contributed by atoms with van der Waals surface area (Å²) in [6.45, 7) is 7.81. The maximum Gasteiger partial charge on any atom is 0.287 e. The zero-order valence-electron chi connectivity index (χ0n) is 22.2. The van der Waals surface area contributed by atoms with Crippen LogP contribution in [0.3, 0.4) is 0 Å². The lowest BCUT2D eigenvalue weighted by molar-refractivity contribution is -0.120. The number of fused-ring (bicyclic) bond motifs is 2. The molecule has 39 heavy (non-hydrogen) atoms. The Kier molecular flexibility index (Phi) is 8.10. The van der Waals surface area contributed by atoms with Gasteiger partial charge in [-0.2, -0.15) is 8.42 Å². The molecule has 0 amide bonds. The number of thiophene rings is 1. The average Bonchev–Trinajstić information content (AvgIpc) is 3.28. The van der Waals surface area contributed by atoms with E-state index in [1.807, 2.05) is 19.1 Å². The molecule has 0 saturated carbocycles. The number of benzene rings is 1. The minimum absolute atomic E-state index is 0.0562. The van der Waals surface area contributed by atoms with E-state index in [0.717, 1.165) is 17.8 Å². The molecule has 0 bridgehead atoms. The normalized spacial score (nSPS) is 20.7. The van der Waals surface area contributed by atoms with Crippen molar-refractivity contribution in [2.24, 2.45) is 9.81 Å². The van der Waals surface area contributed by atoms with Gasteiger partial charge < -0.3 is 10.4 Å². The lowest BCUT2D eigenvalue weighted by Crippen LogP contribution is -2.42. The van der Waals surface area contributed by atoms with Gasteiger partial charge in [0.2, 0.25) is 10.0 Å². The fourth-order valence-electron chi connectivity index (χ4n) is 4.69. The smallest absolute Gasteiger partial charge is 0.287 e. The summed E-state index contributed by atoms with van der Waals surface area (Å²) in [4.78, 5) is 13.9. The van der Waals surface area contributed by atoms with Gasteiger partial charge in [-0.15, -0.1) is 27.3 Å². The number of sulfonamides is 2. The van der Waals surface area contributed by atoms with Gasteiger partial charge in [0.15, 0.2) is 11.6 Å². The molecule has 0 spiro atoms. The highest BCUT2D eigenvalue weighted by atomic mass is 35.5. The third-order valence-electron chi connectivity index (χ3n) is 6.90. The van der Waals surface area contributed by atoms with Gasteiger partial charge in [0, 0.05) is 23.6 Å². The summed E-state index contributed by atoms with van der Waals surface area (Å²) >= 11 is 6.63. The van der Waals surface area contributed by atoms with Crippen molar-refractivity contribution in [3.05, 3.63) is 51.9 Å². The summed E-state index contributed by atoms with van der Waals surface area (Å²) in [5, 5.41) is 15.9. The van der Waals surface area contributed by atoms with E-state index in [0.29, 0.717) is 17.5 Å². The SMILES string of the molecule is CC(C)(C)CC[C@@]1(C)C(=O)C(C2=NS(=O)(=O)c3c(CNS(=O)(=O)CCCCl)csc3N2)=C(O)c2ccccc21. The number of aliphatic hydroxyl groups excluding tert-OH is 1. The first-order valence-corrected chi connectivity index (χ1v) is 16.9. The number of alkyl halides is 1. The second kappa shape index (κ2) is 10.6. The number of halogens is 1. The summed E-state index contributed by atoms with van der Waals surface area (Å²) in [5.74, 6) is -1.00. The molecule has 1 aromatic heterocycles. The van der Waals surface area contributed by atoms with E-state index in [9.17, 15) is 26.7 Å². The van der Waals surface area contributed by atoms with Gasteiger partial charge in [0.1, 0.15) is 21.2 Å². The molecule has 3 N–H and O–H groups in total. The molecular formula is C26H32ClN3O6S3. The van der Waals surface area contributed by atoms with Gasteiger partial charge in [-0.05, 0) is 42.5 Å². The molecule has 0 unspecified atom stereocenters. The average molecular weight is 614 g/mol. The Morgan fingerprint density at radius 1 is 1.23 bits per heavy atom. The number of carbonyl (C=O) groups is 1. The highest BCUT2D eigenvalue weighted by molar-refractivity contribution is 7.91. The van der Waals surface area contributed by atoms with Crippen molar-refractivity contribution in [2.75, 3.05) is 16.9 Å². The maximum absolute atomic E-state index is 14.0. The highest BCUT2D eigenvalue weighted by Crippen LogP contribution is 2.46. The number of Topliss-reactive ketones (excluding diaryl/α,β-unsaturated/α-hetero) is 1.